The molecule has 2 nitrogen and oxygen atoms in total. The van der Waals surface area contributed by atoms with Crippen LogP contribution in [0.15, 0.2) is 48.5 Å². The maximum atomic E-state index is 12.3. The van der Waals surface area contributed by atoms with Gasteiger partial charge in [-0.15, -0.1) is 0 Å². The highest BCUT2D eigenvalue weighted by Gasteiger charge is 2.22. The fourth-order valence-corrected chi connectivity index (χ4v) is 4.04. The van der Waals surface area contributed by atoms with E-state index >= 15 is 0 Å². The van der Waals surface area contributed by atoms with Crippen LogP contribution in [0.5, 0.6) is 5.75 Å². The molecule has 0 atom stereocenters. The van der Waals surface area contributed by atoms with Crippen molar-refractivity contribution in [3.05, 3.63) is 65.2 Å². The Morgan fingerprint density at radius 3 is 2.15 bits per heavy atom. The second-order valence-electron chi connectivity index (χ2n) is 7.52. The van der Waals surface area contributed by atoms with Crippen molar-refractivity contribution >= 4 is 5.97 Å². The smallest absolute Gasteiger partial charge is 0.343 e. The molecule has 0 saturated heterocycles. The Balaban J connectivity index is 1.57. The van der Waals surface area contributed by atoms with Gasteiger partial charge in [-0.1, -0.05) is 51.0 Å². The van der Waals surface area contributed by atoms with E-state index in [0.29, 0.717) is 17.2 Å². The summed E-state index contributed by atoms with van der Waals surface area (Å²) in [7, 11) is 0. The Hall–Kier alpha value is -2.09. The first-order chi connectivity index (χ1) is 12.7. The minimum Gasteiger partial charge on any atom is -0.423 e. The number of hydrogen-bond acceptors (Lipinski definition) is 2. The van der Waals surface area contributed by atoms with E-state index in [4.69, 9.17) is 4.74 Å². The lowest BCUT2D eigenvalue weighted by atomic mass is 9.77. The summed E-state index contributed by atoms with van der Waals surface area (Å²) < 4.78 is 5.49. The van der Waals surface area contributed by atoms with E-state index in [1.54, 1.807) is 0 Å². The topological polar surface area (TPSA) is 26.3 Å². The summed E-state index contributed by atoms with van der Waals surface area (Å²) in [5.41, 5.74) is 3.22. The number of esters is 1. The third-order valence-electron chi connectivity index (χ3n) is 5.70. The molecule has 0 radical (unpaired) electrons. The second kappa shape index (κ2) is 9.02. The third kappa shape index (κ3) is 4.75. The number of ether oxygens (including phenoxy) is 1. The molecule has 2 heteroatoms. The third-order valence-corrected chi connectivity index (χ3v) is 5.70. The first kappa shape index (κ1) is 18.7. The zero-order chi connectivity index (χ0) is 18.4. The van der Waals surface area contributed by atoms with E-state index in [9.17, 15) is 4.79 Å². The van der Waals surface area contributed by atoms with Crippen molar-refractivity contribution < 1.29 is 9.53 Å². The van der Waals surface area contributed by atoms with Crippen LogP contribution in [0.25, 0.3) is 0 Å². The van der Waals surface area contributed by atoms with E-state index in [1.807, 2.05) is 36.4 Å². The Kier molecular flexibility index (Phi) is 6.49. The maximum Gasteiger partial charge on any atom is 0.343 e. The molecule has 2 aromatic carbocycles. The molecule has 0 aromatic heterocycles. The minimum atomic E-state index is -0.285. The molecular formula is C24H30O2. The van der Waals surface area contributed by atoms with Gasteiger partial charge >= 0.3 is 5.97 Å². The highest BCUT2D eigenvalue weighted by atomic mass is 16.5. The van der Waals surface area contributed by atoms with E-state index in [1.165, 1.54) is 49.7 Å². The van der Waals surface area contributed by atoms with Crippen LogP contribution in [0.4, 0.5) is 0 Å². The molecule has 0 amide bonds. The van der Waals surface area contributed by atoms with Gasteiger partial charge in [0, 0.05) is 0 Å². The van der Waals surface area contributed by atoms with E-state index in [2.05, 4.69) is 26.0 Å². The minimum absolute atomic E-state index is 0.285. The highest BCUT2D eigenvalue weighted by molar-refractivity contribution is 5.91. The Labute approximate surface area is 157 Å². The molecule has 1 saturated carbocycles. The average Bonchev–Trinajstić information content (AvgIpc) is 2.69. The van der Waals surface area contributed by atoms with Crippen molar-refractivity contribution in [3.63, 3.8) is 0 Å². The average molecular weight is 351 g/mol. The predicted octanol–water partition coefficient (Wildman–Crippen LogP) is 6.54. The van der Waals surface area contributed by atoms with Crippen molar-refractivity contribution in [2.45, 2.75) is 64.7 Å². The molecule has 138 valence electrons. The summed E-state index contributed by atoms with van der Waals surface area (Å²) >= 11 is 0. The van der Waals surface area contributed by atoms with Gasteiger partial charge in [-0.3, -0.25) is 0 Å². The lowest BCUT2D eigenvalue weighted by Gasteiger charge is -2.28. The van der Waals surface area contributed by atoms with Crippen LogP contribution in [-0.2, 0) is 6.42 Å². The van der Waals surface area contributed by atoms with Crippen molar-refractivity contribution in [1.82, 2.24) is 0 Å². The summed E-state index contributed by atoms with van der Waals surface area (Å²) in [6.07, 6.45) is 8.89. The fraction of sp³-hybridized carbons (Fsp3) is 0.458. The summed E-state index contributed by atoms with van der Waals surface area (Å²) in [5.74, 6) is 1.89. The molecule has 2 aromatic rings. The first-order valence-electron chi connectivity index (χ1n) is 10.1. The van der Waals surface area contributed by atoms with Crippen molar-refractivity contribution in [3.8, 4) is 5.75 Å². The van der Waals surface area contributed by atoms with Crippen LogP contribution in [0, 0.1) is 5.92 Å². The summed E-state index contributed by atoms with van der Waals surface area (Å²) in [4.78, 5) is 12.3. The highest BCUT2D eigenvalue weighted by Crippen LogP contribution is 2.37. The molecule has 3 rings (SSSR count). The monoisotopic (exact) mass is 350 g/mol. The van der Waals surface area contributed by atoms with Gasteiger partial charge in [0.2, 0.25) is 0 Å². The Bertz CT molecular complexity index is 692. The lowest BCUT2D eigenvalue weighted by molar-refractivity contribution is 0.0734. The van der Waals surface area contributed by atoms with Gasteiger partial charge < -0.3 is 4.74 Å². The van der Waals surface area contributed by atoms with Gasteiger partial charge in [0.25, 0.3) is 0 Å². The molecule has 0 unspecified atom stereocenters. The van der Waals surface area contributed by atoms with Gasteiger partial charge in [-0.05, 0) is 79.3 Å². The zero-order valence-electron chi connectivity index (χ0n) is 16.0. The predicted molar refractivity (Wildman–Crippen MR) is 107 cm³/mol. The van der Waals surface area contributed by atoms with Crippen molar-refractivity contribution in [2.24, 2.45) is 5.92 Å². The molecule has 0 N–H and O–H groups in total. The zero-order valence-corrected chi connectivity index (χ0v) is 16.0. The number of aryl methyl sites for hydroxylation is 1. The largest absolute Gasteiger partial charge is 0.423 e. The Morgan fingerprint density at radius 1 is 0.923 bits per heavy atom. The van der Waals surface area contributed by atoms with Gasteiger partial charge in [-0.2, -0.15) is 0 Å². The van der Waals surface area contributed by atoms with E-state index in [0.717, 1.165) is 12.3 Å². The van der Waals surface area contributed by atoms with Crippen LogP contribution in [0.3, 0.4) is 0 Å². The molecule has 1 aliphatic rings. The molecule has 0 spiro atoms. The summed E-state index contributed by atoms with van der Waals surface area (Å²) in [6, 6.07) is 15.8. The molecule has 0 bridgehead atoms. The van der Waals surface area contributed by atoms with Gasteiger partial charge in [0.15, 0.2) is 0 Å². The van der Waals surface area contributed by atoms with Crippen LogP contribution < -0.4 is 4.74 Å². The SMILES string of the molecule is CCCC1CCC(c2ccc(C(=O)Oc3ccc(CC)cc3)cc2)CC1. The van der Waals surface area contributed by atoms with Crippen molar-refractivity contribution in [2.75, 3.05) is 0 Å². The van der Waals surface area contributed by atoms with Crippen molar-refractivity contribution in [1.29, 1.82) is 0 Å². The number of rotatable bonds is 6. The number of carbonyl (C=O) groups is 1. The number of benzene rings is 2. The molecular weight excluding hydrogens is 320 g/mol. The van der Waals surface area contributed by atoms with Gasteiger partial charge in [-0.25, -0.2) is 4.79 Å². The molecule has 0 heterocycles. The number of hydrogen-bond donors (Lipinski definition) is 0. The molecule has 26 heavy (non-hydrogen) atoms. The van der Waals surface area contributed by atoms with Gasteiger partial charge in [0.05, 0.1) is 5.56 Å². The van der Waals surface area contributed by atoms with Crippen LogP contribution in [0.2, 0.25) is 0 Å². The maximum absolute atomic E-state index is 12.3. The van der Waals surface area contributed by atoms with Crippen LogP contribution in [0.1, 0.15) is 79.8 Å². The molecule has 1 aliphatic carbocycles. The summed E-state index contributed by atoms with van der Waals surface area (Å²) in [5, 5.41) is 0. The van der Waals surface area contributed by atoms with E-state index < -0.39 is 0 Å². The first-order valence-corrected chi connectivity index (χ1v) is 10.1. The fourth-order valence-electron chi connectivity index (χ4n) is 4.04. The van der Waals surface area contributed by atoms with Crippen LogP contribution >= 0.6 is 0 Å². The summed E-state index contributed by atoms with van der Waals surface area (Å²) in [6.45, 7) is 4.39. The molecule has 0 aliphatic heterocycles. The van der Waals surface area contributed by atoms with Gasteiger partial charge in [0.1, 0.15) is 5.75 Å². The lowest BCUT2D eigenvalue weighted by Crippen LogP contribution is -2.13. The standard InChI is InChI=1S/C24H30O2/c1-3-5-19-6-10-20(11-7-19)21-12-14-22(15-13-21)24(25)26-23-16-8-18(4-2)9-17-23/h8-9,12-17,19-20H,3-7,10-11H2,1-2H3. The molecule has 1 fully saturated rings. The van der Waals surface area contributed by atoms with Crippen LogP contribution in [-0.4, -0.2) is 5.97 Å². The normalized spacial score (nSPS) is 19.9. The van der Waals surface area contributed by atoms with E-state index in [-0.39, 0.29) is 5.97 Å². The quantitative estimate of drug-likeness (QED) is 0.436. The Morgan fingerprint density at radius 2 is 1.58 bits per heavy atom. The number of carbonyl (C=O) groups excluding carboxylic acids is 1. The second-order valence-corrected chi connectivity index (χ2v) is 7.52.